The van der Waals surface area contributed by atoms with E-state index in [-0.39, 0.29) is 0 Å². The zero-order valence-corrected chi connectivity index (χ0v) is 8.55. The van der Waals surface area contributed by atoms with Gasteiger partial charge in [-0.25, -0.2) is 0 Å². The molecule has 1 aromatic carbocycles. The van der Waals surface area contributed by atoms with Gasteiger partial charge in [0.05, 0.1) is 5.88 Å². The number of nitrogens with zero attached hydrogens (tertiary/aromatic N) is 1. The quantitative estimate of drug-likeness (QED) is 0.666. The number of aliphatic imine (C=N–C) groups is 1. The highest BCUT2D eigenvalue weighted by molar-refractivity contribution is 8.82. The molecule has 0 aliphatic carbocycles. The summed E-state index contributed by atoms with van der Waals surface area (Å²) in [5.41, 5.74) is 1.16. The summed E-state index contributed by atoms with van der Waals surface area (Å²) in [6, 6.07) is 7.78. The minimum Gasteiger partial charge on any atom is -0.265 e. The maximum absolute atomic E-state index is 5.77. The molecule has 1 aliphatic heterocycles. The van der Waals surface area contributed by atoms with Crippen LogP contribution in [-0.4, -0.2) is 10.9 Å². The highest BCUT2D eigenvalue weighted by atomic mass is 35.5. The topological polar surface area (TPSA) is 12.4 Å². The highest BCUT2D eigenvalue weighted by Crippen LogP contribution is 2.33. The SMILES string of the molecule is Clc1ccc(C2=NCSS2)cc1. The lowest BCUT2D eigenvalue weighted by Crippen LogP contribution is -1.89. The van der Waals surface area contributed by atoms with Crippen LogP contribution in [0.1, 0.15) is 5.56 Å². The molecule has 1 nitrogen and oxygen atoms in total. The minimum atomic E-state index is 0.773. The maximum Gasteiger partial charge on any atom is 0.109 e. The third-order valence-electron chi connectivity index (χ3n) is 1.49. The minimum absolute atomic E-state index is 0.773. The standard InChI is InChI=1S/C8H6ClNS2/c9-7-3-1-6(2-4-7)8-10-5-11-12-8/h1-4H,5H2. The molecule has 0 aromatic heterocycles. The Morgan fingerprint density at radius 3 is 2.58 bits per heavy atom. The smallest absolute Gasteiger partial charge is 0.109 e. The lowest BCUT2D eigenvalue weighted by Gasteiger charge is -1.97. The van der Waals surface area contributed by atoms with E-state index >= 15 is 0 Å². The average molecular weight is 216 g/mol. The Morgan fingerprint density at radius 2 is 2.00 bits per heavy atom. The predicted molar refractivity (Wildman–Crippen MR) is 58.0 cm³/mol. The molecule has 4 heteroatoms. The first-order valence-electron chi connectivity index (χ1n) is 3.46. The second kappa shape index (κ2) is 3.73. The van der Waals surface area contributed by atoms with E-state index in [4.69, 9.17) is 11.6 Å². The molecule has 0 atom stereocenters. The van der Waals surface area contributed by atoms with Gasteiger partial charge in [0.15, 0.2) is 0 Å². The van der Waals surface area contributed by atoms with E-state index in [1.807, 2.05) is 24.3 Å². The molecule has 0 fully saturated rings. The van der Waals surface area contributed by atoms with Crippen LogP contribution >= 0.6 is 33.2 Å². The summed E-state index contributed by atoms with van der Waals surface area (Å²) in [6.07, 6.45) is 0. The van der Waals surface area contributed by atoms with Crippen molar-refractivity contribution in [3.63, 3.8) is 0 Å². The van der Waals surface area contributed by atoms with Crippen molar-refractivity contribution in [2.75, 3.05) is 5.88 Å². The molecule has 12 heavy (non-hydrogen) atoms. The molecule has 0 radical (unpaired) electrons. The van der Waals surface area contributed by atoms with Gasteiger partial charge in [-0.1, -0.05) is 34.5 Å². The summed E-state index contributed by atoms with van der Waals surface area (Å²) in [5.74, 6) is 0.864. The molecule has 62 valence electrons. The van der Waals surface area contributed by atoms with Gasteiger partial charge in [0.2, 0.25) is 0 Å². The summed E-state index contributed by atoms with van der Waals surface area (Å²) in [7, 11) is 3.49. The first kappa shape index (κ1) is 8.48. The zero-order valence-electron chi connectivity index (χ0n) is 6.16. The van der Waals surface area contributed by atoms with Crippen LogP contribution in [0.15, 0.2) is 29.3 Å². The fourth-order valence-electron chi connectivity index (χ4n) is 0.925. The molecule has 0 unspecified atom stereocenters. The van der Waals surface area contributed by atoms with Gasteiger partial charge in [0.25, 0.3) is 0 Å². The van der Waals surface area contributed by atoms with E-state index in [2.05, 4.69) is 4.99 Å². The van der Waals surface area contributed by atoms with Crippen molar-refractivity contribution in [1.29, 1.82) is 0 Å². The molecular formula is C8H6ClNS2. The van der Waals surface area contributed by atoms with E-state index in [9.17, 15) is 0 Å². The van der Waals surface area contributed by atoms with Gasteiger partial charge in [-0.05, 0) is 22.9 Å². The maximum atomic E-state index is 5.77. The number of rotatable bonds is 1. The number of hydrogen-bond donors (Lipinski definition) is 0. The van der Waals surface area contributed by atoms with E-state index < -0.39 is 0 Å². The number of hydrogen-bond acceptors (Lipinski definition) is 3. The second-order valence-corrected chi connectivity index (χ2v) is 4.99. The van der Waals surface area contributed by atoms with Crippen LogP contribution in [0.5, 0.6) is 0 Å². The molecule has 2 rings (SSSR count). The van der Waals surface area contributed by atoms with Crippen LogP contribution < -0.4 is 0 Å². The summed E-state index contributed by atoms with van der Waals surface area (Å²) < 4.78 is 0. The molecule has 0 N–H and O–H groups in total. The third-order valence-corrected chi connectivity index (χ3v) is 3.76. The molecule has 0 saturated heterocycles. The predicted octanol–water partition coefficient (Wildman–Crippen LogP) is 3.44. The van der Waals surface area contributed by atoms with E-state index in [1.54, 1.807) is 21.6 Å². The Morgan fingerprint density at radius 1 is 1.25 bits per heavy atom. The highest BCUT2D eigenvalue weighted by Gasteiger charge is 2.09. The van der Waals surface area contributed by atoms with Gasteiger partial charge in [-0.15, -0.1) is 0 Å². The van der Waals surface area contributed by atoms with Gasteiger partial charge in [0, 0.05) is 10.6 Å². The van der Waals surface area contributed by atoms with Crippen LogP contribution in [0.25, 0.3) is 0 Å². The largest absolute Gasteiger partial charge is 0.265 e. The summed E-state index contributed by atoms with van der Waals surface area (Å²) >= 11 is 5.77. The molecule has 0 bridgehead atoms. The van der Waals surface area contributed by atoms with Gasteiger partial charge >= 0.3 is 0 Å². The summed E-state index contributed by atoms with van der Waals surface area (Å²) in [6.45, 7) is 0. The lowest BCUT2D eigenvalue weighted by molar-refractivity contribution is 1.40. The fourth-order valence-corrected chi connectivity index (χ4v) is 2.93. The number of benzene rings is 1. The van der Waals surface area contributed by atoms with Gasteiger partial charge in [0.1, 0.15) is 5.04 Å². The van der Waals surface area contributed by atoms with Crippen LogP contribution in [-0.2, 0) is 0 Å². The molecule has 1 aromatic rings. The second-order valence-electron chi connectivity index (χ2n) is 2.30. The molecule has 0 saturated carbocycles. The normalized spacial score (nSPS) is 16.2. The Bertz CT molecular complexity index is 307. The average Bonchev–Trinajstić information content (AvgIpc) is 2.58. The Balaban J connectivity index is 2.28. The molecule has 0 spiro atoms. The van der Waals surface area contributed by atoms with E-state index in [0.29, 0.717) is 0 Å². The summed E-state index contributed by atoms with van der Waals surface area (Å²) in [5, 5.41) is 1.88. The lowest BCUT2D eigenvalue weighted by atomic mass is 10.2. The first-order chi connectivity index (χ1) is 5.86. The van der Waals surface area contributed by atoms with Crippen LogP contribution in [0.3, 0.4) is 0 Å². The zero-order chi connectivity index (χ0) is 8.39. The monoisotopic (exact) mass is 215 g/mol. The van der Waals surface area contributed by atoms with Crippen LogP contribution in [0.2, 0.25) is 5.02 Å². The Labute approximate surface area is 84.0 Å². The molecule has 1 heterocycles. The van der Waals surface area contributed by atoms with E-state index in [0.717, 1.165) is 21.5 Å². The van der Waals surface area contributed by atoms with Crippen molar-refractivity contribution in [3.05, 3.63) is 34.9 Å². The van der Waals surface area contributed by atoms with Crippen molar-refractivity contribution in [1.82, 2.24) is 0 Å². The van der Waals surface area contributed by atoms with Crippen molar-refractivity contribution >= 4 is 38.2 Å². The van der Waals surface area contributed by atoms with Crippen molar-refractivity contribution in [3.8, 4) is 0 Å². The van der Waals surface area contributed by atoms with Crippen molar-refractivity contribution in [2.24, 2.45) is 4.99 Å². The molecular weight excluding hydrogens is 210 g/mol. The molecule has 1 aliphatic rings. The van der Waals surface area contributed by atoms with E-state index in [1.165, 1.54) is 0 Å². The van der Waals surface area contributed by atoms with Crippen LogP contribution in [0.4, 0.5) is 0 Å². The Kier molecular flexibility index (Phi) is 2.63. The van der Waals surface area contributed by atoms with Gasteiger partial charge in [-0.2, -0.15) is 0 Å². The van der Waals surface area contributed by atoms with Crippen molar-refractivity contribution < 1.29 is 0 Å². The Hall–Kier alpha value is -0.120. The third kappa shape index (κ3) is 1.79. The van der Waals surface area contributed by atoms with Gasteiger partial charge < -0.3 is 0 Å². The molecule has 0 amide bonds. The van der Waals surface area contributed by atoms with Crippen molar-refractivity contribution in [2.45, 2.75) is 0 Å². The van der Waals surface area contributed by atoms with Gasteiger partial charge in [-0.3, -0.25) is 4.99 Å². The number of halogens is 1. The fraction of sp³-hybridized carbons (Fsp3) is 0.125. The summed E-state index contributed by atoms with van der Waals surface area (Å²) in [4.78, 5) is 4.34. The first-order valence-corrected chi connectivity index (χ1v) is 6.16. The van der Waals surface area contributed by atoms with Crippen LogP contribution in [0, 0.1) is 0 Å².